The summed E-state index contributed by atoms with van der Waals surface area (Å²) in [7, 11) is 0. The highest BCUT2D eigenvalue weighted by atomic mass is 19.1. The van der Waals surface area contributed by atoms with Crippen molar-refractivity contribution in [3.8, 4) is 0 Å². The molecule has 0 bridgehead atoms. The molecular weight excluding hydrogens is 349 g/mol. The van der Waals surface area contributed by atoms with E-state index in [9.17, 15) is 9.18 Å². The molecule has 2 amide bonds. The molecule has 0 aliphatic carbocycles. The Kier molecular flexibility index (Phi) is 4.96. The van der Waals surface area contributed by atoms with Gasteiger partial charge in [0, 0.05) is 31.4 Å². The van der Waals surface area contributed by atoms with E-state index in [1.807, 2.05) is 0 Å². The van der Waals surface area contributed by atoms with Gasteiger partial charge in [-0.3, -0.25) is 0 Å². The molecule has 4 rings (SSSR count). The fraction of sp³-hybridized carbons (Fsp3) is 0.526. The van der Waals surface area contributed by atoms with Gasteiger partial charge in [0.25, 0.3) is 0 Å². The summed E-state index contributed by atoms with van der Waals surface area (Å²) in [5.74, 6) is 0.884. The molecule has 2 aliphatic rings. The first kappa shape index (κ1) is 17.8. The molecule has 0 saturated carbocycles. The number of halogens is 1. The molecule has 0 radical (unpaired) electrons. The smallest absolute Gasteiger partial charge is 0.318 e. The Hall–Kier alpha value is -2.64. The predicted molar refractivity (Wildman–Crippen MR) is 97.9 cm³/mol. The fourth-order valence-corrected chi connectivity index (χ4v) is 3.91. The number of urea groups is 1. The van der Waals surface area contributed by atoms with Crippen LogP contribution in [0, 0.1) is 12.7 Å². The van der Waals surface area contributed by atoms with E-state index < -0.39 is 0 Å². The van der Waals surface area contributed by atoms with Crippen LogP contribution in [-0.2, 0) is 0 Å². The minimum Gasteiger partial charge on any atom is -0.371 e. The van der Waals surface area contributed by atoms with Gasteiger partial charge in [-0.15, -0.1) is 0 Å². The zero-order valence-electron chi connectivity index (χ0n) is 15.4. The van der Waals surface area contributed by atoms with Crippen LogP contribution in [0.5, 0.6) is 0 Å². The van der Waals surface area contributed by atoms with Crippen molar-refractivity contribution in [2.24, 2.45) is 0 Å². The van der Waals surface area contributed by atoms with E-state index in [0.29, 0.717) is 18.3 Å². The molecule has 7 nitrogen and oxygen atoms in total. The van der Waals surface area contributed by atoms with E-state index in [1.165, 1.54) is 12.1 Å². The zero-order valence-corrected chi connectivity index (χ0v) is 15.4. The number of hydrogen-bond donors (Lipinski definition) is 1. The standard InChI is InChI=1S/C19H24FN5O2/c1-13-21-18(27-23-13)17-3-2-10-25(17)19(26)22-15-8-11-24(12-9-15)16-6-4-14(20)5-7-16/h4-7,15,17H,2-3,8-12H2,1H3,(H,22,26)/t17-/m0/s1. The van der Waals surface area contributed by atoms with Crippen LogP contribution >= 0.6 is 0 Å². The summed E-state index contributed by atoms with van der Waals surface area (Å²) in [5.41, 5.74) is 1.02. The second-order valence-corrected chi connectivity index (χ2v) is 7.22. The molecule has 2 aromatic rings. The second-order valence-electron chi connectivity index (χ2n) is 7.22. The largest absolute Gasteiger partial charge is 0.371 e. The summed E-state index contributed by atoms with van der Waals surface area (Å²) in [6, 6.07) is 6.51. The van der Waals surface area contributed by atoms with Crippen molar-refractivity contribution in [2.45, 2.75) is 44.7 Å². The second kappa shape index (κ2) is 7.54. The van der Waals surface area contributed by atoms with E-state index in [1.54, 1.807) is 24.0 Å². The van der Waals surface area contributed by atoms with E-state index in [2.05, 4.69) is 20.4 Å². The van der Waals surface area contributed by atoms with Crippen molar-refractivity contribution < 1.29 is 13.7 Å². The van der Waals surface area contributed by atoms with Crippen LogP contribution < -0.4 is 10.2 Å². The number of aryl methyl sites for hydroxylation is 1. The number of carbonyl (C=O) groups is 1. The number of aromatic nitrogens is 2. The van der Waals surface area contributed by atoms with Crippen molar-refractivity contribution in [3.05, 3.63) is 41.8 Å². The lowest BCUT2D eigenvalue weighted by molar-refractivity contribution is 0.175. The number of amides is 2. The first-order chi connectivity index (χ1) is 13.1. The van der Waals surface area contributed by atoms with Crippen LogP contribution in [0.15, 0.2) is 28.8 Å². The number of benzene rings is 1. The predicted octanol–water partition coefficient (Wildman–Crippen LogP) is 3.03. The first-order valence-corrected chi connectivity index (χ1v) is 9.48. The van der Waals surface area contributed by atoms with Crippen LogP contribution in [-0.4, -0.2) is 46.7 Å². The molecule has 2 aliphatic heterocycles. The molecule has 1 atom stereocenters. The van der Waals surface area contributed by atoms with E-state index in [-0.39, 0.29) is 23.9 Å². The third-order valence-corrected chi connectivity index (χ3v) is 5.36. The SMILES string of the molecule is Cc1noc([C@@H]2CCCN2C(=O)NC2CCN(c3ccc(F)cc3)CC2)n1. The van der Waals surface area contributed by atoms with Crippen molar-refractivity contribution in [1.82, 2.24) is 20.4 Å². The summed E-state index contributed by atoms with van der Waals surface area (Å²) in [4.78, 5) is 21.1. The summed E-state index contributed by atoms with van der Waals surface area (Å²) in [6.45, 7) is 4.15. The van der Waals surface area contributed by atoms with Crippen LogP contribution in [0.2, 0.25) is 0 Å². The van der Waals surface area contributed by atoms with Gasteiger partial charge < -0.3 is 19.6 Å². The van der Waals surface area contributed by atoms with Crippen LogP contribution in [0.4, 0.5) is 14.9 Å². The topological polar surface area (TPSA) is 74.5 Å². The number of carbonyl (C=O) groups excluding carboxylic acids is 1. The van der Waals surface area contributed by atoms with Gasteiger partial charge in [0.2, 0.25) is 5.89 Å². The minimum atomic E-state index is -0.225. The number of nitrogens with zero attached hydrogens (tertiary/aromatic N) is 4. The maximum absolute atomic E-state index is 13.1. The highest BCUT2D eigenvalue weighted by Crippen LogP contribution is 2.31. The van der Waals surface area contributed by atoms with Crippen molar-refractivity contribution in [3.63, 3.8) is 0 Å². The number of likely N-dealkylation sites (tertiary alicyclic amines) is 1. The minimum absolute atomic E-state index is 0.0615. The molecular formula is C19H24FN5O2. The van der Waals surface area contributed by atoms with Gasteiger partial charge in [0.15, 0.2) is 5.82 Å². The number of hydrogen-bond acceptors (Lipinski definition) is 5. The van der Waals surface area contributed by atoms with E-state index in [4.69, 9.17) is 4.52 Å². The molecule has 144 valence electrons. The van der Waals surface area contributed by atoms with Gasteiger partial charge >= 0.3 is 6.03 Å². The van der Waals surface area contributed by atoms with E-state index in [0.717, 1.165) is 44.5 Å². The number of piperidine rings is 1. The van der Waals surface area contributed by atoms with Gasteiger partial charge in [-0.1, -0.05) is 5.16 Å². The Morgan fingerprint density at radius 1 is 1.19 bits per heavy atom. The van der Waals surface area contributed by atoms with Gasteiger partial charge in [-0.25, -0.2) is 9.18 Å². The Morgan fingerprint density at radius 2 is 1.93 bits per heavy atom. The average molecular weight is 373 g/mol. The Bertz CT molecular complexity index is 786. The summed E-state index contributed by atoms with van der Waals surface area (Å²) in [5, 5.41) is 7.00. The molecule has 1 aromatic heterocycles. The van der Waals surface area contributed by atoms with Gasteiger partial charge in [-0.05, 0) is 56.9 Å². The maximum Gasteiger partial charge on any atom is 0.318 e. The molecule has 0 unspecified atom stereocenters. The lowest BCUT2D eigenvalue weighted by Crippen LogP contribution is -2.49. The third kappa shape index (κ3) is 3.89. The van der Waals surface area contributed by atoms with Crippen molar-refractivity contribution in [1.29, 1.82) is 0 Å². The van der Waals surface area contributed by atoms with Crippen molar-refractivity contribution in [2.75, 3.05) is 24.5 Å². The third-order valence-electron chi connectivity index (χ3n) is 5.36. The van der Waals surface area contributed by atoms with Crippen molar-refractivity contribution >= 4 is 11.7 Å². The number of anilines is 1. The molecule has 2 saturated heterocycles. The zero-order chi connectivity index (χ0) is 18.8. The van der Waals surface area contributed by atoms with Crippen LogP contribution in [0.3, 0.4) is 0 Å². The molecule has 2 fully saturated rings. The summed E-state index contributed by atoms with van der Waals surface area (Å²) < 4.78 is 18.4. The lowest BCUT2D eigenvalue weighted by Gasteiger charge is -2.35. The highest BCUT2D eigenvalue weighted by molar-refractivity contribution is 5.75. The van der Waals surface area contributed by atoms with Gasteiger partial charge in [-0.2, -0.15) is 4.98 Å². The van der Waals surface area contributed by atoms with Gasteiger partial charge in [0.05, 0.1) is 0 Å². The maximum atomic E-state index is 13.1. The summed E-state index contributed by atoms with van der Waals surface area (Å²) in [6.07, 6.45) is 3.50. The molecule has 1 N–H and O–H groups in total. The van der Waals surface area contributed by atoms with Gasteiger partial charge in [0.1, 0.15) is 11.9 Å². The lowest BCUT2D eigenvalue weighted by atomic mass is 10.0. The first-order valence-electron chi connectivity index (χ1n) is 9.48. The van der Waals surface area contributed by atoms with Crippen LogP contribution in [0.25, 0.3) is 0 Å². The monoisotopic (exact) mass is 373 g/mol. The molecule has 27 heavy (non-hydrogen) atoms. The molecule has 0 spiro atoms. The van der Waals surface area contributed by atoms with E-state index >= 15 is 0 Å². The van der Waals surface area contributed by atoms with Crippen LogP contribution in [0.1, 0.15) is 43.4 Å². The quantitative estimate of drug-likeness (QED) is 0.895. The number of nitrogens with one attached hydrogen (secondary N) is 1. The Morgan fingerprint density at radius 3 is 2.59 bits per heavy atom. The molecule has 3 heterocycles. The number of rotatable bonds is 3. The Labute approximate surface area is 157 Å². The highest BCUT2D eigenvalue weighted by Gasteiger charge is 2.35. The molecule has 8 heteroatoms. The fourth-order valence-electron chi connectivity index (χ4n) is 3.91. The normalized spacial score (nSPS) is 20.9. The summed E-state index contributed by atoms with van der Waals surface area (Å²) >= 11 is 0. The average Bonchev–Trinajstić information content (AvgIpc) is 3.32. The Balaban J connectivity index is 1.32. The molecule has 1 aromatic carbocycles.